The maximum atomic E-state index is 12.9. The lowest BCUT2D eigenvalue weighted by Crippen LogP contribution is -2.55. The predicted octanol–water partition coefficient (Wildman–Crippen LogP) is 1.71. The summed E-state index contributed by atoms with van der Waals surface area (Å²) in [6.45, 7) is 8.21. The molecule has 0 aromatic rings. The molecular formula is C17H31N3O4. The number of likely N-dealkylation sites (tertiary alicyclic amines) is 1. The van der Waals surface area contributed by atoms with Crippen LogP contribution in [0.1, 0.15) is 47.0 Å². The Kier molecular flexibility index (Phi) is 7.05. The zero-order chi connectivity index (χ0) is 18.5. The van der Waals surface area contributed by atoms with Crippen molar-refractivity contribution in [1.29, 1.82) is 0 Å². The quantitative estimate of drug-likeness (QED) is 0.780. The van der Waals surface area contributed by atoms with E-state index in [0.29, 0.717) is 19.5 Å². The molecule has 0 aromatic heterocycles. The minimum absolute atomic E-state index is 0.0288. The van der Waals surface area contributed by atoms with Crippen LogP contribution in [0, 0.1) is 0 Å². The summed E-state index contributed by atoms with van der Waals surface area (Å²) in [6.07, 6.45) is 1.88. The molecule has 1 saturated heterocycles. The van der Waals surface area contributed by atoms with Crippen molar-refractivity contribution in [3.8, 4) is 0 Å². The normalized spacial score (nSPS) is 18.1. The van der Waals surface area contributed by atoms with Gasteiger partial charge in [0, 0.05) is 27.2 Å². The van der Waals surface area contributed by atoms with E-state index in [1.807, 2.05) is 6.92 Å². The number of carbonyl (C=O) groups is 3. The SMILES string of the molecule is CCN(CC(=O)N(C)C)C(=O)[C@@H]1CCCCN1C(=O)OC(C)(C)C. The third-order valence-electron chi connectivity index (χ3n) is 3.93. The lowest BCUT2D eigenvalue weighted by atomic mass is 10.0. The highest BCUT2D eigenvalue weighted by Crippen LogP contribution is 2.22. The fourth-order valence-corrected chi connectivity index (χ4v) is 2.59. The summed E-state index contributed by atoms with van der Waals surface area (Å²) in [5, 5.41) is 0. The molecule has 0 bridgehead atoms. The number of nitrogens with zero attached hydrogens (tertiary/aromatic N) is 3. The van der Waals surface area contributed by atoms with Gasteiger partial charge in [0.15, 0.2) is 0 Å². The monoisotopic (exact) mass is 341 g/mol. The second-order valence-corrected chi connectivity index (χ2v) is 7.33. The van der Waals surface area contributed by atoms with Gasteiger partial charge in [-0.2, -0.15) is 0 Å². The van der Waals surface area contributed by atoms with Crippen molar-refractivity contribution >= 4 is 17.9 Å². The van der Waals surface area contributed by atoms with Crippen LogP contribution in [0.2, 0.25) is 0 Å². The Bertz CT molecular complexity index is 471. The van der Waals surface area contributed by atoms with E-state index < -0.39 is 17.7 Å². The van der Waals surface area contributed by atoms with Crippen LogP contribution in [0.25, 0.3) is 0 Å². The largest absolute Gasteiger partial charge is 0.444 e. The van der Waals surface area contributed by atoms with Gasteiger partial charge in [-0.3, -0.25) is 14.5 Å². The molecule has 1 heterocycles. The van der Waals surface area contributed by atoms with E-state index in [0.717, 1.165) is 12.8 Å². The first-order valence-electron chi connectivity index (χ1n) is 8.55. The Labute approximate surface area is 144 Å². The van der Waals surface area contributed by atoms with Crippen LogP contribution in [0.15, 0.2) is 0 Å². The minimum Gasteiger partial charge on any atom is -0.444 e. The number of ether oxygens (including phenoxy) is 1. The third kappa shape index (κ3) is 5.69. The highest BCUT2D eigenvalue weighted by atomic mass is 16.6. The highest BCUT2D eigenvalue weighted by molar-refractivity contribution is 5.89. The zero-order valence-electron chi connectivity index (χ0n) is 15.8. The van der Waals surface area contributed by atoms with Gasteiger partial charge in [0.05, 0.1) is 6.54 Å². The molecule has 3 amide bonds. The average Bonchev–Trinajstić information content (AvgIpc) is 2.49. The molecule has 0 saturated carbocycles. The summed E-state index contributed by atoms with van der Waals surface area (Å²) in [5.74, 6) is -0.317. The van der Waals surface area contributed by atoms with Crippen LogP contribution in [-0.2, 0) is 14.3 Å². The van der Waals surface area contributed by atoms with E-state index in [1.165, 1.54) is 14.7 Å². The smallest absolute Gasteiger partial charge is 0.410 e. The molecule has 138 valence electrons. The van der Waals surface area contributed by atoms with Crippen molar-refractivity contribution in [1.82, 2.24) is 14.7 Å². The van der Waals surface area contributed by atoms with Crippen molar-refractivity contribution in [2.45, 2.75) is 58.6 Å². The van der Waals surface area contributed by atoms with E-state index >= 15 is 0 Å². The maximum Gasteiger partial charge on any atom is 0.410 e. The average molecular weight is 341 g/mol. The topological polar surface area (TPSA) is 70.2 Å². The molecule has 0 aliphatic carbocycles. The minimum atomic E-state index is -0.604. The Morgan fingerprint density at radius 3 is 2.29 bits per heavy atom. The molecule has 0 N–H and O–H groups in total. The third-order valence-corrected chi connectivity index (χ3v) is 3.93. The van der Waals surface area contributed by atoms with Gasteiger partial charge in [0.25, 0.3) is 0 Å². The second-order valence-electron chi connectivity index (χ2n) is 7.33. The van der Waals surface area contributed by atoms with Crippen LogP contribution >= 0.6 is 0 Å². The molecule has 0 radical (unpaired) electrons. The van der Waals surface area contributed by atoms with Crippen LogP contribution in [0.3, 0.4) is 0 Å². The summed E-state index contributed by atoms with van der Waals surface area (Å²) >= 11 is 0. The van der Waals surface area contributed by atoms with E-state index in [-0.39, 0.29) is 18.4 Å². The van der Waals surface area contributed by atoms with Crippen LogP contribution in [0.4, 0.5) is 4.79 Å². The molecule has 7 nitrogen and oxygen atoms in total. The standard InChI is InChI=1S/C17H31N3O4/c1-7-19(12-14(21)18(5)6)15(22)13-10-8-9-11-20(13)16(23)24-17(2,3)4/h13H,7-12H2,1-6H3/t13-/m0/s1. The van der Waals surface area contributed by atoms with E-state index in [4.69, 9.17) is 4.74 Å². The van der Waals surface area contributed by atoms with Crippen LogP contribution in [0.5, 0.6) is 0 Å². The summed E-state index contributed by atoms with van der Waals surface area (Å²) in [4.78, 5) is 41.7. The Hall–Kier alpha value is -1.79. The Morgan fingerprint density at radius 2 is 1.79 bits per heavy atom. The van der Waals surface area contributed by atoms with Gasteiger partial charge in [0.1, 0.15) is 11.6 Å². The molecule has 24 heavy (non-hydrogen) atoms. The number of hydrogen-bond donors (Lipinski definition) is 0. The molecule has 7 heteroatoms. The van der Waals surface area contributed by atoms with Gasteiger partial charge >= 0.3 is 6.09 Å². The molecule has 1 fully saturated rings. The fourth-order valence-electron chi connectivity index (χ4n) is 2.59. The first-order chi connectivity index (χ1) is 11.1. The summed E-state index contributed by atoms with van der Waals surface area (Å²) < 4.78 is 5.43. The van der Waals surface area contributed by atoms with Crippen molar-refractivity contribution < 1.29 is 19.1 Å². The molecule has 0 spiro atoms. The summed E-state index contributed by atoms with van der Waals surface area (Å²) in [7, 11) is 3.32. The molecule has 1 atom stereocenters. The van der Waals surface area contributed by atoms with Crippen LogP contribution in [-0.4, -0.2) is 78.0 Å². The van der Waals surface area contributed by atoms with Gasteiger partial charge in [-0.25, -0.2) is 4.79 Å². The van der Waals surface area contributed by atoms with E-state index in [9.17, 15) is 14.4 Å². The Morgan fingerprint density at radius 1 is 1.17 bits per heavy atom. The van der Waals surface area contributed by atoms with Crippen molar-refractivity contribution in [3.63, 3.8) is 0 Å². The summed E-state index contributed by atoms with van der Waals surface area (Å²) in [5.41, 5.74) is -0.604. The lowest BCUT2D eigenvalue weighted by molar-refractivity contribution is -0.143. The predicted molar refractivity (Wildman–Crippen MR) is 91.5 cm³/mol. The van der Waals surface area contributed by atoms with E-state index in [2.05, 4.69) is 0 Å². The number of piperidine rings is 1. The first-order valence-corrected chi connectivity index (χ1v) is 8.55. The Balaban J connectivity index is 2.87. The van der Waals surface area contributed by atoms with Crippen molar-refractivity contribution in [2.24, 2.45) is 0 Å². The van der Waals surface area contributed by atoms with Crippen LogP contribution < -0.4 is 0 Å². The molecule has 1 rings (SSSR count). The number of amides is 3. The van der Waals surface area contributed by atoms with Crippen molar-refractivity contribution in [2.75, 3.05) is 33.7 Å². The van der Waals surface area contributed by atoms with Gasteiger partial charge in [-0.1, -0.05) is 0 Å². The second kappa shape index (κ2) is 8.35. The number of rotatable bonds is 4. The van der Waals surface area contributed by atoms with Gasteiger partial charge in [0.2, 0.25) is 11.8 Å². The first kappa shape index (κ1) is 20.3. The molecular weight excluding hydrogens is 310 g/mol. The summed E-state index contributed by atoms with van der Waals surface area (Å²) in [6, 6.07) is -0.552. The van der Waals surface area contributed by atoms with Gasteiger partial charge < -0.3 is 14.5 Å². The lowest BCUT2D eigenvalue weighted by Gasteiger charge is -2.38. The van der Waals surface area contributed by atoms with Crippen molar-refractivity contribution in [3.05, 3.63) is 0 Å². The van der Waals surface area contributed by atoms with E-state index in [1.54, 1.807) is 34.9 Å². The maximum absolute atomic E-state index is 12.9. The molecule has 1 aliphatic heterocycles. The fraction of sp³-hybridized carbons (Fsp3) is 0.824. The number of hydrogen-bond acceptors (Lipinski definition) is 4. The number of likely N-dealkylation sites (N-methyl/N-ethyl adjacent to an activating group) is 2. The number of carbonyl (C=O) groups excluding carboxylic acids is 3. The molecule has 1 aliphatic rings. The zero-order valence-corrected chi connectivity index (χ0v) is 15.8. The molecule has 0 unspecified atom stereocenters. The van der Waals surface area contributed by atoms with Gasteiger partial charge in [-0.05, 0) is 47.0 Å². The van der Waals surface area contributed by atoms with Gasteiger partial charge in [-0.15, -0.1) is 0 Å². The highest BCUT2D eigenvalue weighted by Gasteiger charge is 2.37. The molecule has 0 aromatic carbocycles.